The molecule has 0 fully saturated rings. The van der Waals surface area contributed by atoms with Gasteiger partial charge in [-0.05, 0) is 36.8 Å². The summed E-state index contributed by atoms with van der Waals surface area (Å²) in [6, 6.07) is 3.38. The zero-order valence-corrected chi connectivity index (χ0v) is 9.94. The van der Waals surface area contributed by atoms with Crippen LogP contribution in [0.1, 0.15) is 18.4 Å². The van der Waals surface area contributed by atoms with Crippen LogP contribution >= 0.6 is 11.8 Å². The Bertz CT molecular complexity index is 368. The first-order chi connectivity index (χ1) is 7.95. The summed E-state index contributed by atoms with van der Waals surface area (Å²) in [7, 11) is 0. The van der Waals surface area contributed by atoms with E-state index in [1.54, 1.807) is 0 Å². The number of nitrogen functional groups attached to an aromatic ring is 1. The minimum Gasteiger partial charge on any atom is -0.398 e. The van der Waals surface area contributed by atoms with Crippen LogP contribution in [0.15, 0.2) is 23.1 Å². The number of alkyl halides is 3. The molecule has 0 unspecified atom stereocenters. The van der Waals surface area contributed by atoms with Crippen LogP contribution in [0.25, 0.3) is 0 Å². The molecule has 1 rings (SSSR count). The summed E-state index contributed by atoms with van der Waals surface area (Å²) in [6.45, 7) is 0.128. The number of aliphatic hydroxyl groups is 1. The number of hydrogen-bond donors (Lipinski definition) is 2. The lowest BCUT2D eigenvalue weighted by Crippen LogP contribution is -2.05. The zero-order valence-electron chi connectivity index (χ0n) is 9.13. The van der Waals surface area contributed by atoms with Gasteiger partial charge < -0.3 is 10.8 Å². The van der Waals surface area contributed by atoms with Gasteiger partial charge in [-0.2, -0.15) is 13.2 Å². The normalized spacial score (nSPS) is 11.8. The predicted octanol–water partition coefficient (Wildman–Crippen LogP) is 3.15. The molecule has 2 nitrogen and oxygen atoms in total. The van der Waals surface area contributed by atoms with Gasteiger partial charge in [0.1, 0.15) is 0 Å². The van der Waals surface area contributed by atoms with Crippen LogP contribution < -0.4 is 5.73 Å². The average Bonchev–Trinajstić information content (AvgIpc) is 2.24. The van der Waals surface area contributed by atoms with Crippen LogP contribution in [0.3, 0.4) is 0 Å². The minimum atomic E-state index is -4.35. The molecule has 6 heteroatoms. The van der Waals surface area contributed by atoms with Gasteiger partial charge in [-0.3, -0.25) is 0 Å². The average molecular weight is 265 g/mol. The second-order valence-corrected chi connectivity index (χ2v) is 4.67. The molecule has 0 spiro atoms. The van der Waals surface area contributed by atoms with Crippen LogP contribution in [0.2, 0.25) is 0 Å². The van der Waals surface area contributed by atoms with Crippen molar-refractivity contribution in [2.75, 3.05) is 18.1 Å². The molecule has 0 heterocycles. The maximum atomic E-state index is 12.4. The van der Waals surface area contributed by atoms with E-state index in [0.717, 1.165) is 24.3 Å². The fourth-order valence-electron chi connectivity index (χ4n) is 1.25. The first-order valence-corrected chi connectivity index (χ1v) is 6.14. The predicted molar refractivity (Wildman–Crippen MR) is 62.9 cm³/mol. The summed E-state index contributed by atoms with van der Waals surface area (Å²) >= 11 is 1.40. The lowest BCUT2D eigenvalue weighted by atomic mass is 10.2. The van der Waals surface area contributed by atoms with E-state index in [4.69, 9.17) is 10.8 Å². The molecule has 1 aromatic carbocycles. The molecule has 0 aliphatic carbocycles. The fourth-order valence-corrected chi connectivity index (χ4v) is 2.21. The van der Waals surface area contributed by atoms with Crippen molar-refractivity contribution in [3.63, 3.8) is 0 Å². The van der Waals surface area contributed by atoms with Gasteiger partial charge in [0.15, 0.2) is 0 Å². The second kappa shape index (κ2) is 6.16. The monoisotopic (exact) mass is 265 g/mol. The number of aliphatic hydroxyl groups excluding tert-OH is 1. The van der Waals surface area contributed by atoms with Crippen LogP contribution in [-0.2, 0) is 6.18 Å². The summed E-state index contributed by atoms with van der Waals surface area (Å²) < 4.78 is 37.1. The van der Waals surface area contributed by atoms with Gasteiger partial charge >= 0.3 is 6.18 Å². The molecule has 0 saturated heterocycles. The van der Waals surface area contributed by atoms with Crippen molar-refractivity contribution in [1.82, 2.24) is 0 Å². The number of unbranched alkanes of at least 4 members (excludes halogenated alkanes) is 1. The largest absolute Gasteiger partial charge is 0.416 e. The van der Waals surface area contributed by atoms with Gasteiger partial charge in [-0.1, -0.05) is 0 Å². The van der Waals surface area contributed by atoms with Crippen molar-refractivity contribution in [1.29, 1.82) is 0 Å². The lowest BCUT2D eigenvalue weighted by molar-refractivity contribution is -0.137. The van der Waals surface area contributed by atoms with Crippen molar-refractivity contribution < 1.29 is 18.3 Å². The number of halogens is 3. The maximum absolute atomic E-state index is 12.4. The van der Waals surface area contributed by atoms with E-state index >= 15 is 0 Å². The lowest BCUT2D eigenvalue weighted by Gasteiger charge is -2.10. The third-order valence-corrected chi connectivity index (χ3v) is 3.32. The molecular formula is C11H14F3NOS. The van der Waals surface area contributed by atoms with E-state index in [1.807, 2.05) is 0 Å². The third kappa shape index (κ3) is 4.47. The van der Waals surface area contributed by atoms with Gasteiger partial charge in [0.05, 0.1) is 5.56 Å². The molecule has 3 N–H and O–H groups in total. The Hall–Kier alpha value is -0.880. The Morgan fingerprint density at radius 3 is 2.47 bits per heavy atom. The minimum absolute atomic E-state index is 0.128. The molecular weight excluding hydrogens is 251 g/mol. The van der Waals surface area contributed by atoms with E-state index in [-0.39, 0.29) is 12.3 Å². The van der Waals surface area contributed by atoms with Gasteiger partial charge in [0.25, 0.3) is 0 Å². The summed E-state index contributed by atoms with van der Waals surface area (Å²) in [5.41, 5.74) is 4.98. The first kappa shape index (κ1) is 14.2. The molecule has 0 atom stereocenters. The number of anilines is 1. The van der Waals surface area contributed by atoms with Crippen LogP contribution in [0.4, 0.5) is 18.9 Å². The van der Waals surface area contributed by atoms with Crippen molar-refractivity contribution in [3.8, 4) is 0 Å². The van der Waals surface area contributed by atoms with Gasteiger partial charge in [-0.25, -0.2) is 0 Å². The van der Waals surface area contributed by atoms with E-state index in [0.29, 0.717) is 11.3 Å². The number of thioether (sulfide) groups is 1. The Labute approximate surface area is 102 Å². The second-order valence-electron chi connectivity index (χ2n) is 3.53. The smallest absolute Gasteiger partial charge is 0.398 e. The van der Waals surface area contributed by atoms with Crippen LogP contribution in [0, 0.1) is 0 Å². The molecule has 0 bridgehead atoms. The first-order valence-electron chi connectivity index (χ1n) is 5.15. The quantitative estimate of drug-likeness (QED) is 0.488. The Kier molecular flexibility index (Phi) is 5.14. The molecule has 0 radical (unpaired) electrons. The maximum Gasteiger partial charge on any atom is 0.416 e. The topological polar surface area (TPSA) is 46.2 Å². The highest BCUT2D eigenvalue weighted by molar-refractivity contribution is 7.99. The van der Waals surface area contributed by atoms with Gasteiger partial charge in [-0.15, -0.1) is 11.8 Å². The van der Waals surface area contributed by atoms with E-state index < -0.39 is 11.7 Å². The standard InChI is InChI=1S/C11H14F3NOS/c12-11(13,14)8-3-4-10(9(15)7-8)17-6-2-1-5-16/h3-4,7,16H,1-2,5-6,15H2. The SMILES string of the molecule is Nc1cc(C(F)(F)F)ccc1SCCCCO. The molecule has 0 aromatic heterocycles. The highest BCUT2D eigenvalue weighted by Crippen LogP contribution is 2.34. The summed E-state index contributed by atoms with van der Waals surface area (Å²) in [6.07, 6.45) is -2.86. The number of hydrogen-bond acceptors (Lipinski definition) is 3. The van der Waals surface area contributed by atoms with Gasteiger partial charge in [0.2, 0.25) is 0 Å². The number of nitrogens with two attached hydrogens (primary N) is 1. The molecule has 17 heavy (non-hydrogen) atoms. The molecule has 0 saturated carbocycles. The molecule has 0 aliphatic heterocycles. The zero-order chi connectivity index (χ0) is 12.9. The summed E-state index contributed by atoms with van der Waals surface area (Å²) in [4.78, 5) is 0.649. The van der Waals surface area contributed by atoms with Crippen molar-refractivity contribution >= 4 is 17.4 Å². The molecule has 96 valence electrons. The van der Waals surface area contributed by atoms with Crippen LogP contribution in [0.5, 0.6) is 0 Å². The van der Waals surface area contributed by atoms with E-state index in [9.17, 15) is 13.2 Å². The van der Waals surface area contributed by atoms with Crippen molar-refractivity contribution in [2.24, 2.45) is 0 Å². The Morgan fingerprint density at radius 1 is 1.24 bits per heavy atom. The Balaban J connectivity index is 2.64. The summed E-state index contributed by atoms with van der Waals surface area (Å²) in [5.74, 6) is 0.732. The molecule has 1 aromatic rings. The highest BCUT2D eigenvalue weighted by atomic mass is 32.2. The van der Waals surface area contributed by atoms with Crippen molar-refractivity contribution in [2.45, 2.75) is 23.9 Å². The number of rotatable bonds is 5. The van der Waals surface area contributed by atoms with Crippen molar-refractivity contribution in [3.05, 3.63) is 23.8 Å². The molecule has 0 aliphatic rings. The van der Waals surface area contributed by atoms with Crippen LogP contribution in [-0.4, -0.2) is 17.5 Å². The highest BCUT2D eigenvalue weighted by Gasteiger charge is 2.30. The molecule has 0 amide bonds. The number of benzene rings is 1. The van der Waals surface area contributed by atoms with Gasteiger partial charge in [0, 0.05) is 17.2 Å². The fraction of sp³-hybridized carbons (Fsp3) is 0.455. The Morgan fingerprint density at radius 2 is 1.94 bits per heavy atom. The third-order valence-electron chi connectivity index (χ3n) is 2.15. The van der Waals surface area contributed by atoms with E-state index in [2.05, 4.69) is 0 Å². The van der Waals surface area contributed by atoms with E-state index in [1.165, 1.54) is 17.8 Å². The summed E-state index contributed by atoms with van der Waals surface area (Å²) in [5, 5.41) is 8.59.